The summed E-state index contributed by atoms with van der Waals surface area (Å²) < 4.78 is 34.0. The van der Waals surface area contributed by atoms with Crippen LogP contribution in [0.5, 0.6) is 0 Å². The van der Waals surface area contributed by atoms with Crippen molar-refractivity contribution in [3.8, 4) is 0 Å². The van der Waals surface area contributed by atoms with Gasteiger partial charge in [-0.15, -0.1) is 5.10 Å². The first-order chi connectivity index (χ1) is 23.7. The minimum Gasteiger partial charge on any atom is -0.368 e. The molecule has 2 heterocycles. The summed E-state index contributed by atoms with van der Waals surface area (Å²) in [6.07, 6.45) is -1.21. The fourth-order valence-corrected chi connectivity index (χ4v) is 5.64. The molecule has 10 heteroatoms. The van der Waals surface area contributed by atoms with E-state index in [9.17, 15) is 4.79 Å². The maximum absolute atomic E-state index is 12.6. The minimum atomic E-state index is -0.746. The van der Waals surface area contributed by atoms with Gasteiger partial charge in [0.1, 0.15) is 30.1 Å². The van der Waals surface area contributed by atoms with Crippen molar-refractivity contribution in [3.05, 3.63) is 155 Å². The Labute approximate surface area is 280 Å². The number of benzene rings is 4. The van der Waals surface area contributed by atoms with E-state index < -0.39 is 30.7 Å². The fourth-order valence-electron chi connectivity index (χ4n) is 5.64. The van der Waals surface area contributed by atoms with Crippen molar-refractivity contribution in [2.75, 3.05) is 7.11 Å². The van der Waals surface area contributed by atoms with E-state index in [0.29, 0.717) is 37.6 Å². The summed E-state index contributed by atoms with van der Waals surface area (Å²) in [4.78, 5) is 12.6. The molecule has 0 unspecified atom stereocenters. The van der Waals surface area contributed by atoms with E-state index in [1.165, 1.54) is 0 Å². The summed E-state index contributed by atoms with van der Waals surface area (Å²) in [6, 6.07) is 39.0. The largest absolute Gasteiger partial charge is 0.368 e. The third-order valence-electron chi connectivity index (χ3n) is 8.10. The lowest BCUT2D eigenvalue weighted by Gasteiger charge is -2.45. The third kappa shape index (κ3) is 9.00. The topological polar surface area (TPSA) is 106 Å². The Bertz CT molecular complexity index is 1670. The molecule has 1 amide bonds. The molecule has 1 aliphatic heterocycles. The molecule has 0 spiro atoms. The summed E-state index contributed by atoms with van der Waals surface area (Å²) in [5.41, 5.74) is 4.26. The van der Waals surface area contributed by atoms with Gasteiger partial charge in [0.25, 0.3) is 5.91 Å². The molecule has 1 fully saturated rings. The number of hydrogen-bond donors (Lipinski definition) is 1. The summed E-state index contributed by atoms with van der Waals surface area (Å²) in [5.74, 6) is -0.182. The van der Waals surface area contributed by atoms with Crippen molar-refractivity contribution in [3.63, 3.8) is 0 Å². The highest BCUT2D eigenvalue weighted by atomic mass is 16.7. The number of carbonyl (C=O) groups excluding carboxylic acids is 1. The van der Waals surface area contributed by atoms with Crippen molar-refractivity contribution in [1.29, 1.82) is 0 Å². The van der Waals surface area contributed by atoms with Gasteiger partial charge in [0, 0.05) is 12.7 Å². The first-order valence-corrected chi connectivity index (χ1v) is 16.0. The smallest absolute Gasteiger partial charge is 0.251 e. The molecule has 0 aliphatic carbocycles. The van der Waals surface area contributed by atoms with Crippen LogP contribution in [0.25, 0.3) is 0 Å². The molecule has 1 aromatic heterocycles. The van der Waals surface area contributed by atoms with Crippen LogP contribution in [0.4, 0.5) is 0 Å². The minimum absolute atomic E-state index is 0.182. The predicted octanol–water partition coefficient (Wildman–Crippen LogP) is 5.34. The molecule has 248 valence electrons. The molecule has 0 saturated carbocycles. The molecule has 0 radical (unpaired) electrons. The van der Waals surface area contributed by atoms with E-state index in [-0.39, 0.29) is 12.5 Å². The van der Waals surface area contributed by atoms with Crippen LogP contribution in [0.2, 0.25) is 0 Å². The molecule has 0 bridgehead atoms. The summed E-state index contributed by atoms with van der Waals surface area (Å²) >= 11 is 0. The maximum atomic E-state index is 12.6. The normalized spacial score (nSPS) is 20.7. The highest BCUT2D eigenvalue weighted by Gasteiger charge is 2.49. The van der Waals surface area contributed by atoms with Gasteiger partial charge in [-0.1, -0.05) is 114 Å². The van der Waals surface area contributed by atoms with Crippen LogP contribution in [-0.2, 0) is 56.6 Å². The number of rotatable bonds is 15. The molecule has 1 aliphatic rings. The second kappa shape index (κ2) is 16.9. The van der Waals surface area contributed by atoms with Crippen LogP contribution in [0, 0.1) is 0 Å². The van der Waals surface area contributed by atoms with Crippen LogP contribution >= 0.6 is 0 Å². The first kappa shape index (κ1) is 33.2. The Morgan fingerprint density at radius 2 is 1.21 bits per heavy atom. The average molecular weight is 649 g/mol. The molecule has 5 aromatic rings. The summed E-state index contributed by atoms with van der Waals surface area (Å²) in [6.45, 7) is 1.56. The molecule has 4 aromatic carbocycles. The van der Waals surface area contributed by atoms with E-state index in [2.05, 4.69) is 15.6 Å². The number of nitrogens with one attached hydrogen (secondary N) is 1. The molecule has 48 heavy (non-hydrogen) atoms. The van der Waals surface area contributed by atoms with E-state index in [0.717, 1.165) is 16.7 Å². The second-order valence-corrected chi connectivity index (χ2v) is 11.5. The highest BCUT2D eigenvalue weighted by Crippen LogP contribution is 2.31. The van der Waals surface area contributed by atoms with Crippen LogP contribution in [0.15, 0.2) is 128 Å². The monoisotopic (exact) mass is 648 g/mol. The number of hydrogen-bond acceptors (Lipinski definition) is 8. The van der Waals surface area contributed by atoms with Crippen molar-refractivity contribution >= 4 is 5.91 Å². The first-order valence-electron chi connectivity index (χ1n) is 16.0. The van der Waals surface area contributed by atoms with Gasteiger partial charge in [-0.3, -0.25) is 4.79 Å². The fraction of sp³-hybridized carbons (Fsp3) is 0.289. The van der Waals surface area contributed by atoms with E-state index in [4.69, 9.17) is 23.7 Å². The van der Waals surface area contributed by atoms with Gasteiger partial charge in [0.05, 0.1) is 39.1 Å². The van der Waals surface area contributed by atoms with Gasteiger partial charge >= 0.3 is 0 Å². The lowest BCUT2D eigenvalue weighted by molar-refractivity contribution is -0.319. The Balaban J connectivity index is 1.23. The molecule has 6 rings (SSSR count). The van der Waals surface area contributed by atoms with Gasteiger partial charge in [0.15, 0.2) is 6.29 Å². The quantitative estimate of drug-likeness (QED) is 0.162. The van der Waals surface area contributed by atoms with Gasteiger partial charge in [-0.05, 0) is 28.8 Å². The number of methoxy groups -OCH3 is 1. The number of nitrogens with zero attached hydrogens (tertiary/aromatic N) is 3. The zero-order valence-corrected chi connectivity index (χ0v) is 26.8. The molecule has 10 nitrogen and oxygen atoms in total. The molecule has 1 saturated heterocycles. The lowest BCUT2D eigenvalue weighted by atomic mass is 9.97. The van der Waals surface area contributed by atoms with Crippen molar-refractivity contribution < 1.29 is 28.5 Å². The van der Waals surface area contributed by atoms with Crippen molar-refractivity contribution in [1.82, 2.24) is 20.3 Å². The van der Waals surface area contributed by atoms with Gasteiger partial charge in [-0.25, -0.2) is 4.68 Å². The summed E-state index contributed by atoms with van der Waals surface area (Å²) in [7, 11) is 1.60. The van der Waals surface area contributed by atoms with Gasteiger partial charge < -0.3 is 29.0 Å². The second-order valence-electron chi connectivity index (χ2n) is 11.5. The van der Waals surface area contributed by atoms with Gasteiger partial charge in [-0.2, -0.15) is 0 Å². The predicted molar refractivity (Wildman–Crippen MR) is 178 cm³/mol. The number of aromatic nitrogens is 3. The Kier molecular flexibility index (Phi) is 11.7. The zero-order chi connectivity index (χ0) is 33.0. The number of amides is 1. The molecule has 5 atom stereocenters. The van der Waals surface area contributed by atoms with E-state index in [1.54, 1.807) is 30.1 Å². The maximum Gasteiger partial charge on any atom is 0.251 e. The standard InChI is InChI=1S/C38H40N4O6/c1-44-38-36(47-27-30-18-10-4-11-19-30)35(46-26-29-16-8-3-9-17-29)34(45-25-28-14-6-2-7-15-28)33(48-38)24-42-23-32(40-41-42)22-39-37(43)31-20-12-5-13-21-31/h2-21,23,33-36,38H,22,24-27H2,1H3,(H,39,43)/t33-,34-,35+,36+,38+/m1/s1. The lowest BCUT2D eigenvalue weighted by Crippen LogP contribution is -2.61. The summed E-state index contributed by atoms with van der Waals surface area (Å²) in [5, 5.41) is 11.5. The number of carbonyl (C=O) groups is 1. The van der Waals surface area contributed by atoms with Crippen molar-refractivity contribution in [2.45, 2.75) is 63.6 Å². The van der Waals surface area contributed by atoms with Crippen LogP contribution in [-0.4, -0.2) is 58.7 Å². The van der Waals surface area contributed by atoms with Crippen molar-refractivity contribution in [2.24, 2.45) is 0 Å². The molecular formula is C38H40N4O6. The van der Waals surface area contributed by atoms with E-state index in [1.807, 2.05) is 109 Å². The highest BCUT2D eigenvalue weighted by molar-refractivity contribution is 5.94. The van der Waals surface area contributed by atoms with Crippen LogP contribution in [0.1, 0.15) is 32.7 Å². The average Bonchev–Trinajstić information content (AvgIpc) is 3.60. The van der Waals surface area contributed by atoms with Gasteiger partial charge in [0.2, 0.25) is 0 Å². The SMILES string of the molecule is CO[C@H]1O[C@H](Cn2cc(CNC(=O)c3ccccc3)nn2)[C@@H](OCc2ccccc2)[C@H](OCc2ccccc2)[C@@H]1OCc1ccccc1. The Morgan fingerprint density at radius 1 is 0.708 bits per heavy atom. The molecular weight excluding hydrogens is 608 g/mol. The van der Waals surface area contributed by atoms with Crippen LogP contribution < -0.4 is 5.32 Å². The van der Waals surface area contributed by atoms with E-state index >= 15 is 0 Å². The van der Waals surface area contributed by atoms with Crippen LogP contribution in [0.3, 0.4) is 0 Å². The Morgan fingerprint density at radius 3 is 1.75 bits per heavy atom. The number of ether oxygens (including phenoxy) is 5. The third-order valence-corrected chi connectivity index (χ3v) is 8.10. The molecule has 1 N–H and O–H groups in total. The Hall–Kier alpha value is -4.71. The zero-order valence-electron chi connectivity index (χ0n) is 26.8.